The number of amides is 1. The van der Waals surface area contributed by atoms with Crippen LogP contribution < -0.4 is 15.8 Å². The molecule has 1 unspecified atom stereocenters. The van der Waals surface area contributed by atoms with Crippen LogP contribution in [-0.4, -0.2) is 21.4 Å². The topological polar surface area (TPSA) is 101 Å². The zero-order chi connectivity index (χ0) is 12.7. The van der Waals surface area contributed by atoms with Crippen LogP contribution in [0.25, 0.3) is 0 Å². The molecular formula is C10H13N3O3S. The smallest absolute Gasteiger partial charge is 0.259 e. The van der Waals surface area contributed by atoms with Crippen LogP contribution in [0.3, 0.4) is 0 Å². The Morgan fingerprint density at radius 1 is 1.47 bits per heavy atom. The molecule has 0 bridgehead atoms. The van der Waals surface area contributed by atoms with Gasteiger partial charge in [0.05, 0.1) is 0 Å². The Labute approximate surface area is 99.2 Å². The summed E-state index contributed by atoms with van der Waals surface area (Å²) < 4.78 is 26.3. The van der Waals surface area contributed by atoms with Gasteiger partial charge in [0, 0.05) is 12.1 Å². The summed E-state index contributed by atoms with van der Waals surface area (Å²) in [6.07, 6.45) is 0. The molecule has 0 aliphatic carbocycles. The van der Waals surface area contributed by atoms with E-state index in [1.807, 2.05) is 0 Å². The molecular weight excluding hydrogens is 242 g/mol. The largest absolute Gasteiger partial charge is 0.367 e. The maximum Gasteiger partial charge on any atom is 0.259 e. The van der Waals surface area contributed by atoms with Gasteiger partial charge in [-0.1, -0.05) is 24.3 Å². The standard InChI is InChI=1S/C10H13N3O3S/c1-12-17(15,16)10(9(11)14)8-5-3-2-4-7(8)6-13-10/h2-5,12-13H,6H2,1H3,(H2,11,14). The molecule has 6 nitrogen and oxygen atoms in total. The first kappa shape index (κ1) is 12.0. The Morgan fingerprint density at radius 2 is 2.12 bits per heavy atom. The first-order chi connectivity index (χ1) is 7.95. The number of primary amides is 1. The van der Waals surface area contributed by atoms with E-state index in [-0.39, 0.29) is 0 Å². The van der Waals surface area contributed by atoms with Crippen LogP contribution in [0.15, 0.2) is 24.3 Å². The van der Waals surface area contributed by atoms with Gasteiger partial charge in [-0.3, -0.25) is 10.1 Å². The highest BCUT2D eigenvalue weighted by atomic mass is 32.2. The second-order valence-electron chi connectivity index (χ2n) is 3.76. The average molecular weight is 255 g/mol. The lowest BCUT2D eigenvalue weighted by atomic mass is 10.0. The minimum atomic E-state index is -3.91. The van der Waals surface area contributed by atoms with Crippen LogP contribution in [0.5, 0.6) is 0 Å². The Kier molecular flexibility index (Phi) is 2.69. The van der Waals surface area contributed by atoms with Gasteiger partial charge in [0.15, 0.2) is 0 Å². The second kappa shape index (κ2) is 3.80. The van der Waals surface area contributed by atoms with Gasteiger partial charge < -0.3 is 5.73 Å². The van der Waals surface area contributed by atoms with Crippen LogP contribution in [0, 0.1) is 0 Å². The van der Waals surface area contributed by atoms with E-state index >= 15 is 0 Å². The second-order valence-corrected chi connectivity index (χ2v) is 5.79. The van der Waals surface area contributed by atoms with E-state index in [0.29, 0.717) is 12.1 Å². The average Bonchev–Trinajstić information content (AvgIpc) is 2.70. The van der Waals surface area contributed by atoms with Crippen molar-refractivity contribution in [2.24, 2.45) is 5.73 Å². The fourth-order valence-electron chi connectivity index (χ4n) is 2.08. The van der Waals surface area contributed by atoms with Crippen molar-refractivity contribution >= 4 is 15.9 Å². The summed E-state index contributed by atoms with van der Waals surface area (Å²) >= 11 is 0. The van der Waals surface area contributed by atoms with Gasteiger partial charge in [-0.15, -0.1) is 0 Å². The number of sulfonamides is 1. The zero-order valence-corrected chi connectivity index (χ0v) is 10.0. The van der Waals surface area contributed by atoms with E-state index in [9.17, 15) is 13.2 Å². The van der Waals surface area contributed by atoms with E-state index < -0.39 is 20.8 Å². The number of benzene rings is 1. The summed E-state index contributed by atoms with van der Waals surface area (Å²) in [6, 6.07) is 6.81. The number of hydrogen-bond acceptors (Lipinski definition) is 4. The third-order valence-corrected chi connectivity index (χ3v) is 4.85. The first-order valence-corrected chi connectivity index (χ1v) is 6.50. The van der Waals surface area contributed by atoms with Crippen molar-refractivity contribution in [3.63, 3.8) is 0 Å². The Hall–Kier alpha value is -1.44. The molecule has 0 spiro atoms. The molecule has 1 heterocycles. The quantitative estimate of drug-likeness (QED) is 0.643. The van der Waals surface area contributed by atoms with Crippen LogP contribution in [0.1, 0.15) is 11.1 Å². The van der Waals surface area contributed by atoms with Gasteiger partial charge >= 0.3 is 0 Å². The molecule has 1 atom stereocenters. The number of hydrogen-bond donors (Lipinski definition) is 3. The van der Waals surface area contributed by atoms with Crippen molar-refractivity contribution < 1.29 is 13.2 Å². The molecule has 17 heavy (non-hydrogen) atoms. The fraction of sp³-hybridized carbons (Fsp3) is 0.300. The fourth-order valence-corrected chi connectivity index (χ4v) is 3.40. The predicted octanol–water partition coefficient (Wildman–Crippen LogP) is -1.02. The number of carbonyl (C=O) groups excluding carboxylic acids is 1. The molecule has 0 fully saturated rings. The third kappa shape index (κ3) is 1.47. The van der Waals surface area contributed by atoms with Crippen LogP contribution in [-0.2, 0) is 26.2 Å². The molecule has 4 N–H and O–H groups in total. The third-order valence-electron chi connectivity index (χ3n) is 2.94. The normalized spacial score (nSPS) is 23.4. The molecule has 1 aromatic carbocycles. The molecule has 0 saturated carbocycles. The summed E-state index contributed by atoms with van der Waals surface area (Å²) in [4.78, 5) is 9.76. The summed E-state index contributed by atoms with van der Waals surface area (Å²) in [5, 5.41) is 2.70. The summed E-state index contributed by atoms with van der Waals surface area (Å²) in [5.41, 5.74) is 6.43. The van der Waals surface area contributed by atoms with Gasteiger partial charge in [-0.05, 0) is 12.6 Å². The summed E-state index contributed by atoms with van der Waals surface area (Å²) in [7, 11) is -2.66. The minimum absolute atomic E-state index is 0.292. The van der Waals surface area contributed by atoms with Crippen molar-refractivity contribution in [2.45, 2.75) is 11.4 Å². The van der Waals surface area contributed by atoms with Gasteiger partial charge in [0.25, 0.3) is 5.91 Å². The van der Waals surface area contributed by atoms with Crippen LogP contribution in [0.2, 0.25) is 0 Å². The van der Waals surface area contributed by atoms with Crippen molar-refractivity contribution in [1.82, 2.24) is 10.0 Å². The lowest BCUT2D eigenvalue weighted by Gasteiger charge is -2.26. The molecule has 1 aliphatic rings. The maximum absolute atomic E-state index is 12.1. The molecule has 0 saturated heterocycles. The first-order valence-electron chi connectivity index (χ1n) is 5.02. The number of nitrogens with one attached hydrogen (secondary N) is 2. The van der Waals surface area contributed by atoms with Gasteiger partial charge in [-0.2, -0.15) is 0 Å². The van der Waals surface area contributed by atoms with Crippen molar-refractivity contribution in [3.8, 4) is 0 Å². The summed E-state index contributed by atoms with van der Waals surface area (Å²) in [5.74, 6) is -0.934. The van der Waals surface area contributed by atoms with Crippen molar-refractivity contribution in [3.05, 3.63) is 35.4 Å². The molecule has 1 aromatic rings. The molecule has 2 rings (SSSR count). The van der Waals surface area contributed by atoms with Crippen molar-refractivity contribution in [2.75, 3.05) is 7.05 Å². The van der Waals surface area contributed by atoms with E-state index in [4.69, 9.17) is 5.73 Å². The van der Waals surface area contributed by atoms with E-state index in [1.54, 1.807) is 24.3 Å². The Balaban J connectivity index is 2.74. The lowest BCUT2D eigenvalue weighted by Crippen LogP contribution is -2.57. The van der Waals surface area contributed by atoms with E-state index in [2.05, 4.69) is 10.0 Å². The molecule has 0 aromatic heterocycles. The highest BCUT2D eigenvalue weighted by molar-refractivity contribution is 7.91. The lowest BCUT2D eigenvalue weighted by molar-refractivity contribution is -0.121. The number of fused-ring (bicyclic) bond motifs is 1. The van der Waals surface area contributed by atoms with E-state index in [1.165, 1.54) is 7.05 Å². The minimum Gasteiger partial charge on any atom is -0.367 e. The molecule has 1 aliphatic heterocycles. The molecule has 0 radical (unpaired) electrons. The summed E-state index contributed by atoms with van der Waals surface area (Å²) in [6.45, 7) is 0.292. The van der Waals surface area contributed by atoms with Gasteiger partial charge in [0.2, 0.25) is 14.9 Å². The van der Waals surface area contributed by atoms with Gasteiger partial charge in [-0.25, -0.2) is 13.1 Å². The van der Waals surface area contributed by atoms with Crippen LogP contribution >= 0.6 is 0 Å². The Bertz CT molecular complexity index is 570. The molecule has 1 amide bonds. The monoisotopic (exact) mass is 255 g/mol. The van der Waals surface area contributed by atoms with E-state index in [0.717, 1.165) is 5.56 Å². The maximum atomic E-state index is 12.1. The molecule has 92 valence electrons. The van der Waals surface area contributed by atoms with Gasteiger partial charge in [0.1, 0.15) is 0 Å². The predicted molar refractivity (Wildman–Crippen MR) is 62.1 cm³/mol. The highest BCUT2D eigenvalue weighted by Gasteiger charge is 2.54. The Morgan fingerprint density at radius 3 is 2.71 bits per heavy atom. The number of carbonyl (C=O) groups is 1. The SMILES string of the molecule is CNS(=O)(=O)C1(C(N)=O)NCc2ccccc21. The number of nitrogens with two attached hydrogens (primary N) is 1. The molecule has 7 heteroatoms. The highest BCUT2D eigenvalue weighted by Crippen LogP contribution is 2.34. The van der Waals surface area contributed by atoms with Crippen LogP contribution in [0.4, 0.5) is 0 Å². The number of rotatable bonds is 3. The zero-order valence-electron chi connectivity index (χ0n) is 9.23. The van der Waals surface area contributed by atoms with Crippen molar-refractivity contribution in [1.29, 1.82) is 0 Å².